The molecule has 0 amide bonds. The maximum Gasteiger partial charge on any atom is 0.363 e. The number of esters is 1. The molecular weight excluding hydrogens is 326 g/mol. The zero-order valence-corrected chi connectivity index (χ0v) is 13.9. The minimum Gasteiger partial charge on any atom is -0.494 e. The van der Waals surface area contributed by atoms with Crippen LogP contribution in [-0.2, 0) is 16.0 Å². The molecule has 5 heteroatoms. The van der Waals surface area contributed by atoms with Crippen molar-refractivity contribution in [3.63, 3.8) is 0 Å². The highest BCUT2D eigenvalue weighted by Gasteiger charge is 2.22. The first-order chi connectivity index (χ1) is 11.6. The molecule has 2 aromatic rings. The molecule has 0 spiro atoms. The van der Waals surface area contributed by atoms with Crippen LogP contribution in [0.3, 0.4) is 0 Å². The van der Waals surface area contributed by atoms with Crippen LogP contribution >= 0.6 is 11.6 Å². The van der Waals surface area contributed by atoms with E-state index in [9.17, 15) is 4.79 Å². The molecule has 3 rings (SSSR count). The van der Waals surface area contributed by atoms with Crippen LogP contribution in [0.25, 0.3) is 6.08 Å². The molecule has 0 aromatic heterocycles. The number of halogens is 1. The van der Waals surface area contributed by atoms with Gasteiger partial charge in [-0.2, -0.15) is 0 Å². The van der Waals surface area contributed by atoms with Gasteiger partial charge in [0, 0.05) is 11.4 Å². The zero-order chi connectivity index (χ0) is 16.9. The van der Waals surface area contributed by atoms with Crippen molar-refractivity contribution < 1.29 is 14.3 Å². The minimum absolute atomic E-state index is 0.285. The van der Waals surface area contributed by atoms with Gasteiger partial charge in [-0.25, -0.2) is 9.79 Å². The van der Waals surface area contributed by atoms with E-state index >= 15 is 0 Å². The molecule has 122 valence electrons. The number of benzene rings is 2. The Bertz CT molecular complexity index is 810. The van der Waals surface area contributed by atoms with Crippen LogP contribution in [0.15, 0.2) is 59.2 Å². The molecular formula is C19H16ClNO3. The summed E-state index contributed by atoms with van der Waals surface area (Å²) in [4.78, 5) is 16.3. The van der Waals surface area contributed by atoms with Crippen molar-refractivity contribution in [3.8, 4) is 5.75 Å². The lowest BCUT2D eigenvalue weighted by Gasteiger charge is -2.03. The topological polar surface area (TPSA) is 47.9 Å². The fourth-order valence-corrected chi connectivity index (χ4v) is 2.45. The van der Waals surface area contributed by atoms with Crippen LogP contribution in [0.5, 0.6) is 5.75 Å². The lowest BCUT2D eigenvalue weighted by molar-refractivity contribution is -0.130. The first-order valence-electron chi connectivity index (χ1n) is 7.63. The first-order valence-corrected chi connectivity index (χ1v) is 8.00. The number of nitrogens with zero attached hydrogens (tertiary/aromatic N) is 1. The quantitative estimate of drug-likeness (QED) is 0.602. The van der Waals surface area contributed by atoms with E-state index in [4.69, 9.17) is 21.1 Å². The van der Waals surface area contributed by atoms with Gasteiger partial charge < -0.3 is 9.47 Å². The molecule has 24 heavy (non-hydrogen) atoms. The van der Waals surface area contributed by atoms with Crippen LogP contribution in [0.2, 0.25) is 5.02 Å². The summed E-state index contributed by atoms with van der Waals surface area (Å²) < 4.78 is 10.7. The first kappa shape index (κ1) is 16.3. The van der Waals surface area contributed by atoms with Gasteiger partial charge in [0.25, 0.3) is 0 Å². The molecule has 0 N–H and O–H groups in total. The molecule has 1 aliphatic heterocycles. The smallest absolute Gasteiger partial charge is 0.363 e. The number of ether oxygens (including phenoxy) is 2. The SMILES string of the molecule is CCOc1cccc(/C=C2/N=C(Cc3ccc(Cl)cc3)OC2=O)c1. The Kier molecular flexibility index (Phi) is 4.96. The molecule has 0 aliphatic carbocycles. The number of cyclic esters (lactones) is 1. The maximum atomic E-state index is 12.0. The van der Waals surface area contributed by atoms with Crippen LogP contribution in [0.1, 0.15) is 18.1 Å². The summed E-state index contributed by atoms with van der Waals surface area (Å²) in [6, 6.07) is 14.8. The minimum atomic E-state index is -0.444. The Morgan fingerprint density at radius 1 is 1.21 bits per heavy atom. The van der Waals surface area contributed by atoms with E-state index in [-0.39, 0.29) is 5.70 Å². The summed E-state index contributed by atoms with van der Waals surface area (Å²) in [6.45, 7) is 2.51. The van der Waals surface area contributed by atoms with Crippen molar-refractivity contribution in [1.29, 1.82) is 0 Å². The van der Waals surface area contributed by atoms with Crippen LogP contribution in [0.4, 0.5) is 0 Å². The second-order valence-corrected chi connectivity index (χ2v) is 5.67. The molecule has 1 heterocycles. The zero-order valence-electron chi connectivity index (χ0n) is 13.2. The Hall–Kier alpha value is -2.59. The summed E-state index contributed by atoms with van der Waals surface area (Å²) >= 11 is 5.87. The second kappa shape index (κ2) is 7.32. The third-order valence-corrected chi connectivity index (χ3v) is 3.66. The van der Waals surface area contributed by atoms with Crippen molar-refractivity contribution in [2.75, 3.05) is 6.61 Å². The molecule has 0 fully saturated rings. The molecule has 0 saturated heterocycles. The number of rotatable bonds is 5. The standard InChI is InChI=1S/C19H16ClNO3/c1-2-23-16-5-3-4-14(10-16)11-17-19(22)24-18(21-17)12-13-6-8-15(20)9-7-13/h3-11H,2,12H2,1H3/b17-11+. The van der Waals surface area contributed by atoms with E-state index in [2.05, 4.69) is 4.99 Å². The van der Waals surface area contributed by atoms with Gasteiger partial charge in [-0.1, -0.05) is 35.9 Å². The molecule has 4 nitrogen and oxygen atoms in total. The van der Waals surface area contributed by atoms with Crippen molar-refractivity contribution in [1.82, 2.24) is 0 Å². The Labute approximate surface area is 145 Å². The lowest BCUT2D eigenvalue weighted by Crippen LogP contribution is -2.06. The van der Waals surface area contributed by atoms with Crippen LogP contribution < -0.4 is 4.74 Å². The highest BCUT2D eigenvalue weighted by atomic mass is 35.5. The number of carbonyl (C=O) groups is 1. The van der Waals surface area contributed by atoms with Gasteiger partial charge in [0.15, 0.2) is 5.70 Å². The molecule has 0 unspecified atom stereocenters. The fourth-order valence-electron chi connectivity index (χ4n) is 2.32. The summed E-state index contributed by atoms with van der Waals surface area (Å²) in [5, 5.41) is 0.666. The molecule has 1 aliphatic rings. The van der Waals surface area contributed by atoms with Gasteiger partial charge in [0.1, 0.15) is 5.75 Å². The van der Waals surface area contributed by atoms with Crippen molar-refractivity contribution in [2.45, 2.75) is 13.3 Å². The summed E-state index contributed by atoms with van der Waals surface area (Å²) in [6.07, 6.45) is 2.14. The molecule has 0 atom stereocenters. The van der Waals surface area contributed by atoms with Gasteiger partial charge in [-0.05, 0) is 48.4 Å². The average Bonchev–Trinajstić information content (AvgIpc) is 2.90. The number of hydrogen-bond acceptors (Lipinski definition) is 4. The lowest BCUT2D eigenvalue weighted by atomic mass is 10.1. The van der Waals surface area contributed by atoms with Gasteiger partial charge in [0.05, 0.1) is 6.61 Å². The summed E-state index contributed by atoms with van der Waals surface area (Å²) in [5.41, 5.74) is 2.10. The second-order valence-electron chi connectivity index (χ2n) is 5.23. The van der Waals surface area contributed by atoms with E-state index < -0.39 is 5.97 Å². The van der Waals surface area contributed by atoms with E-state index in [1.807, 2.05) is 43.3 Å². The largest absolute Gasteiger partial charge is 0.494 e. The van der Waals surface area contributed by atoms with Gasteiger partial charge in [0.2, 0.25) is 5.90 Å². The van der Waals surface area contributed by atoms with E-state index in [0.717, 1.165) is 16.9 Å². The van der Waals surface area contributed by atoms with Gasteiger partial charge >= 0.3 is 5.97 Å². The number of hydrogen-bond donors (Lipinski definition) is 0. The van der Waals surface area contributed by atoms with Crippen LogP contribution in [0, 0.1) is 0 Å². The van der Waals surface area contributed by atoms with Gasteiger partial charge in [-0.3, -0.25) is 0 Å². The Morgan fingerprint density at radius 3 is 2.75 bits per heavy atom. The summed E-state index contributed by atoms with van der Waals surface area (Å²) in [5.74, 6) is 0.693. The van der Waals surface area contributed by atoms with E-state index in [0.29, 0.717) is 23.9 Å². The highest BCUT2D eigenvalue weighted by Crippen LogP contribution is 2.20. The maximum absolute atomic E-state index is 12.0. The van der Waals surface area contributed by atoms with Gasteiger partial charge in [-0.15, -0.1) is 0 Å². The van der Waals surface area contributed by atoms with Crippen LogP contribution in [-0.4, -0.2) is 18.5 Å². The van der Waals surface area contributed by atoms with Crippen molar-refractivity contribution in [2.24, 2.45) is 4.99 Å². The Morgan fingerprint density at radius 2 is 2.00 bits per heavy atom. The third-order valence-electron chi connectivity index (χ3n) is 3.41. The van der Waals surface area contributed by atoms with Crippen molar-refractivity contribution in [3.05, 3.63) is 70.4 Å². The predicted molar refractivity (Wildman–Crippen MR) is 94.3 cm³/mol. The van der Waals surface area contributed by atoms with Crippen molar-refractivity contribution >= 4 is 29.5 Å². The molecule has 0 bridgehead atoms. The molecule has 2 aromatic carbocycles. The third kappa shape index (κ3) is 4.03. The van der Waals surface area contributed by atoms with E-state index in [1.165, 1.54) is 0 Å². The monoisotopic (exact) mass is 341 g/mol. The van der Waals surface area contributed by atoms with E-state index in [1.54, 1.807) is 18.2 Å². The molecule has 0 saturated carbocycles. The summed E-state index contributed by atoms with van der Waals surface area (Å²) in [7, 11) is 0. The number of aliphatic imine (C=N–C) groups is 1. The predicted octanol–water partition coefficient (Wildman–Crippen LogP) is 4.28. The normalized spacial score (nSPS) is 15.3. The highest BCUT2D eigenvalue weighted by molar-refractivity contribution is 6.30. The number of carbonyl (C=O) groups excluding carboxylic acids is 1. The average molecular weight is 342 g/mol. The fraction of sp³-hybridized carbons (Fsp3) is 0.158. The molecule has 0 radical (unpaired) electrons. The Balaban J connectivity index is 1.78.